The minimum absolute atomic E-state index is 0.0951. The number of nitrogens with zero attached hydrogens (tertiary/aromatic N) is 1. The molecule has 1 N–H and O–H groups in total. The number of carbonyl (C=O) groups excluding carboxylic acids is 1. The second kappa shape index (κ2) is 7.38. The van der Waals surface area contributed by atoms with E-state index in [0.717, 1.165) is 25.0 Å². The summed E-state index contributed by atoms with van der Waals surface area (Å²) in [7, 11) is -3.85. The summed E-state index contributed by atoms with van der Waals surface area (Å²) in [5, 5.41) is 0. The van der Waals surface area contributed by atoms with Crippen LogP contribution in [-0.2, 0) is 10.2 Å². The summed E-state index contributed by atoms with van der Waals surface area (Å²) in [6.45, 7) is 0.785. The van der Waals surface area contributed by atoms with Gasteiger partial charge in [-0.05, 0) is 49.2 Å². The molecular weight excluding hydrogens is 366 g/mol. The fraction of sp³-hybridized carbons (Fsp3) is 0.235. The molecule has 1 heterocycles. The number of ether oxygens (including phenoxy) is 1. The lowest BCUT2D eigenvalue weighted by Crippen LogP contribution is -2.42. The Morgan fingerprint density at radius 3 is 2.19 bits per heavy atom. The van der Waals surface area contributed by atoms with Crippen LogP contribution in [0.25, 0.3) is 0 Å². The van der Waals surface area contributed by atoms with Gasteiger partial charge in [-0.25, -0.2) is 13.5 Å². The Morgan fingerprint density at radius 1 is 0.962 bits per heavy atom. The normalized spacial score (nSPS) is 15.0. The fourth-order valence-corrected chi connectivity index (χ4v) is 3.74. The summed E-state index contributed by atoms with van der Waals surface area (Å²) in [6, 6.07) is 8.72. The van der Waals surface area contributed by atoms with Crippen molar-refractivity contribution in [3.63, 3.8) is 0 Å². The SMILES string of the molecule is O=C(NS(=O)(=O)N1CCCC1)c1ccc(Oc2ccc(F)c(F)c2)cc1. The molecule has 0 saturated carbocycles. The molecule has 2 aromatic rings. The van der Waals surface area contributed by atoms with E-state index in [1.165, 1.54) is 34.6 Å². The second-order valence-corrected chi connectivity index (χ2v) is 7.42. The minimum Gasteiger partial charge on any atom is -0.457 e. The fourth-order valence-electron chi connectivity index (χ4n) is 2.52. The number of carbonyl (C=O) groups is 1. The first-order chi connectivity index (χ1) is 12.3. The van der Waals surface area contributed by atoms with E-state index in [1.807, 2.05) is 4.72 Å². The maximum absolute atomic E-state index is 13.2. The Kier molecular flexibility index (Phi) is 5.19. The predicted molar refractivity (Wildman–Crippen MR) is 90.1 cm³/mol. The molecule has 0 aromatic heterocycles. The Hall–Kier alpha value is -2.52. The lowest BCUT2D eigenvalue weighted by atomic mass is 10.2. The molecule has 9 heteroatoms. The van der Waals surface area contributed by atoms with Crippen molar-refractivity contribution >= 4 is 16.1 Å². The van der Waals surface area contributed by atoms with Gasteiger partial charge in [0.25, 0.3) is 5.91 Å². The second-order valence-electron chi connectivity index (χ2n) is 5.74. The average molecular weight is 382 g/mol. The number of benzene rings is 2. The minimum atomic E-state index is -3.85. The highest BCUT2D eigenvalue weighted by molar-refractivity contribution is 7.87. The first-order valence-corrected chi connectivity index (χ1v) is 9.34. The lowest BCUT2D eigenvalue weighted by molar-refractivity contribution is 0.0979. The summed E-state index contributed by atoms with van der Waals surface area (Å²) in [5.41, 5.74) is 0.130. The molecule has 0 aliphatic carbocycles. The number of hydrogen-bond donors (Lipinski definition) is 1. The molecule has 1 amide bonds. The van der Waals surface area contributed by atoms with Gasteiger partial charge in [-0.3, -0.25) is 4.79 Å². The standard InChI is InChI=1S/C17H16F2N2O4S/c18-15-8-7-14(11-16(15)19)25-13-5-3-12(4-6-13)17(22)20-26(23,24)21-9-1-2-10-21/h3-8,11H,1-2,9-10H2,(H,20,22). The van der Waals surface area contributed by atoms with Gasteiger partial charge in [0.2, 0.25) is 0 Å². The van der Waals surface area contributed by atoms with Crippen molar-refractivity contribution in [1.82, 2.24) is 9.03 Å². The summed E-state index contributed by atoms with van der Waals surface area (Å²) in [4.78, 5) is 12.1. The molecule has 1 aliphatic heterocycles. The zero-order valence-corrected chi connectivity index (χ0v) is 14.4. The van der Waals surface area contributed by atoms with Crippen molar-refractivity contribution in [2.45, 2.75) is 12.8 Å². The van der Waals surface area contributed by atoms with Crippen molar-refractivity contribution in [3.8, 4) is 11.5 Å². The van der Waals surface area contributed by atoms with E-state index >= 15 is 0 Å². The van der Waals surface area contributed by atoms with Gasteiger partial charge in [0.1, 0.15) is 11.5 Å². The quantitative estimate of drug-likeness (QED) is 0.863. The van der Waals surface area contributed by atoms with E-state index < -0.39 is 27.8 Å². The maximum Gasteiger partial charge on any atom is 0.304 e. The van der Waals surface area contributed by atoms with E-state index in [4.69, 9.17) is 4.74 Å². The van der Waals surface area contributed by atoms with Crippen LogP contribution in [0.4, 0.5) is 8.78 Å². The third-order valence-electron chi connectivity index (χ3n) is 3.87. The van der Waals surface area contributed by atoms with E-state index in [2.05, 4.69) is 0 Å². The summed E-state index contributed by atoms with van der Waals surface area (Å²) < 4.78 is 58.9. The van der Waals surface area contributed by atoms with Crippen LogP contribution in [0.5, 0.6) is 11.5 Å². The zero-order valence-electron chi connectivity index (χ0n) is 13.6. The van der Waals surface area contributed by atoms with E-state index in [1.54, 1.807) is 0 Å². The highest BCUT2D eigenvalue weighted by atomic mass is 32.2. The third-order valence-corrected chi connectivity index (χ3v) is 5.36. The molecule has 3 rings (SSSR count). The maximum atomic E-state index is 13.2. The van der Waals surface area contributed by atoms with Gasteiger partial charge in [-0.1, -0.05) is 0 Å². The number of halogens is 2. The molecule has 0 unspecified atom stereocenters. The topological polar surface area (TPSA) is 75.7 Å². The summed E-state index contributed by atoms with van der Waals surface area (Å²) >= 11 is 0. The van der Waals surface area contributed by atoms with Crippen LogP contribution >= 0.6 is 0 Å². The Morgan fingerprint density at radius 2 is 1.58 bits per heavy atom. The molecule has 0 spiro atoms. The monoisotopic (exact) mass is 382 g/mol. The van der Waals surface area contributed by atoms with Crippen molar-refractivity contribution in [1.29, 1.82) is 0 Å². The number of rotatable bonds is 5. The van der Waals surface area contributed by atoms with E-state index in [9.17, 15) is 22.0 Å². The van der Waals surface area contributed by atoms with E-state index in [0.29, 0.717) is 13.1 Å². The first kappa shape index (κ1) is 18.3. The van der Waals surface area contributed by atoms with E-state index in [-0.39, 0.29) is 17.1 Å². The number of nitrogens with one attached hydrogen (secondary N) is 1. The molecule has 1 fully saturated rings. The average Bonchev–Trinajstić information content (AvgIpc) is 3.14. The first-order valence-electron chi connectivity index (χ1n) is 7.90. The van der Waals surface area contributed by atoms with Crippen LogP contribution in [-0.4, -0.2) is 31.7 Å². The van der Waals surface area contributed by atoms with Crippen molar-refractivity contribution < 1.29 is 26.7 Å². The van der Waals surface area contributed by atoms with Crippen LogP contribution in [0.2, 0.25) is 0 Å². The number of amides is 1. The molecule has 6 nitrogen and oxygen atoms in total. The lowest BCUT2D eigenvalue weighted by Gasteiger charge is -2.16. The molecular formula is C17H16F2N2O4S. The molecule has 1 aliphatic rings. The number of hydrogen-bond acceptors (Lipinski definition) is 4. The van der Waals surface area contributed by atoms with Crippen LogP contribution in [0.1, 0.15) is 23.2 Å². The van der Waals surface area contributed by atoms with Crippen LogP contribution in [0, 0.1) is 11.6 Å². The van der Waals surface area contributed by atoms with Gasteiger partial charge in [-0.15, -0.1) is 0 Å². The smallest absolute Gasteiger partial charge is 0.304 e. The molecule has 0 bridgehead atoms. The van der Waals surface area contributed by atoms with Crippen molar-refractivity contribution in [2.24, 2.45) is 0 Å². The van der Waals surface area contributed by atoms with Crippen LogP contribution < -0.4 is 9.46 Å². The third kappa shape index (κ3) is 4.17. The van der Waals surface area contributed by atoms with Gasteiger partial charge in [-0.2, -0.15) is 12.7 Å². The van der Waals surface area contributed by atoms with Gasteiger partial charge in [0.15, 0.2) is 11.6 Å². The molecule has 138 valence electrons. The van der Waals surface area contributed by atoms with Crippen molar-refractivity contribution in [3.05, 3.63) is 59.7 Å². The zero-order chi connectivity index (χ0) is 18.7. The molecule has 0 atom stereocenters. The summed E-state index contributed by atoms with van der Waals surface area (Å²) in [5.74, 6) is -2.39. The molecule has 0 radical (unpaired) electrons. The van der Waals surface area contributed by atoms with Gasteiger partial charge in [0, 0.05) is 24.7 Å². The highest BCUT2D eigenvalue weighted by Crippen LogP contribution is 2.23. The Bertz CT molecular complexity index is 911. The Balaban J connectivity index is 1.66. The molecule has 1 saturated heterocycles. The predicted octanol–water partition coefficient (Wildman–Crippen LogP) is 2.83. The molecule has 26 heavy (non-hydrogen) atoms. The summed E-state index contributed by atoms with van der Waals surface area (Å²) in [6.07, 6.45) is 1.54. The Labute approximate surface area is 149 Å². The van der Waals surface area contributed by atoms with Gasteiger partial charge >= 0.3 is 10.2 Å². The van der Waals surface area contributed by atoms with Crippen LogP contribution in [0.3, 0.4) is 0 Å². The largest absolute Gasteiger partial charge is 0.457 e. The van der Waals surface area contributed by atoms with Crippen LogP contribution in [0.15, 0.2) is 42.5 Å². The van der Waals surface area contributed by atoms with Crippen molar-refractivity contribution in [2.75, 3.05) is 13.1 Å². The highest BCUT2D eigenvalue weighted by Gasteiger charge is 2.27. The van der Waals surface area contributed by atoms with Gasteiger partial charge < -0.3 is 4.74 Å². The van der Waals surface area contributed by atoms with Gasteiger partial charge in [0.05, 0.1) is 0 Å². The molecule has 2 aromatic carbocycles.